The third kappa shape index (κ3) is 5.30. The van der Waals surface area contributed by atoms with Crippen molar-refractivity contribution >= 4 is 9.84 Å². The van der Waals surface area contributed by atoms with Crippen molar-refractivity contribution in [3.05, 3.63) is 35.4 Å². The van der Waals surface area contributed by atoms with Crippen molar-refractivity contribution < 1.29 is 8.42 Å². The van der Waals surface area contributed by atoms with E-state index in [9.17, 15) is 8.42 Å². The number of likely N-dealkylation sites (N-methyl/N-ethyl adjacent to an activating group) is 1. The Bertz CT molecular complexity index is 495. The summed E-state index contributed by atoms with van der Waals surface area (Å²) in [5.41, 5.74) is 8.38. The van der Waals surface area contributed by atoms with Crippen LogP contribution in [0.2, 0.25) is 0 Å². The third-order valence-corrected chi connectivity index (χ3v) is 4.13. The first-order valence-corrected chi connectivity index (χ1v) is 8.47. The summed E-state index contributed by atoms with van der Waals surface area (Å²) in [6.45, 7) is 4.47. The van der Waals surface area contributed by atoms with Gasteiger partial charge in [-0.15, -0.1) is 0 Å². The van der Waals surface area contributed by atoms with Gasteiger partial charge in [-0.05, 0) is 26.5 Å². The van der Waals surface area contributed by atoms with Crippen LogP contribution in [0.1, 0.15) is 24.1 Å². The van der Waals surface area contributed by atoms with Crippen molar-refractivity contribution in [3.8, 4) is 0 Å². The summed E-state index contributed by atoms with van der Waals surface area (Å²) in [5.74, 6) is 0.151. The van der Waals surface area contributed by atoms with Crippen molar-refractivity contribution in [2.24, 2.45) is 5.73 Å². The standard InChI is InChI=1S/C14H24N2O2S/c1-11-5-7-13(8-6-11)14(12(2)15)16(3)9-10-19(4,17)18/h5-8,12,14H,9-10,15H2,1-4H3. The van der Waals surface area contributed by atoms with Gasteiger partial charge in [0.1, 0.15) is 9.84 Å². The zero-order chi connectivity index (χ0) is 14.6. The number of rotatable bonds is 6. The minimum absolute atomic E-state index is 0.0300. The number of hydrogen-bond donors (Lipinski definition) is 1. The van der Waals surface area contributed by atoms with Crippen LogP contribution in [0.5, 0.6) is 0 Å². The summed E-state index contributed by atoms with van der Waals surface area (Å²) >= 11 is 0. The van der Waals surface area contributed by atoms with E-state index in [2.05, 4.69) is 24.3 Å². The van der Waals surface area contributed by atoms with Crippen LogP contribution in [-0.2, 0) is 9.84 Å². The molecule has 0 aliphatic rings. The van der Waals surface area contributed by atoms with E-state index in [1.165, 1.54) is 11.8 Å². The lowest BCUT2D eigenvalue weighted by Crippen LogP contribution is -2.39. The first kappa shape index (κ1) is 16.1. The lowest BCUT2D eigenvalue weighted by Gasteiger charge is -2.31. The summed E-state index contributed by atoms with van der Waals surface area (Å²) < 4.78 is 22.5. The van der Waals surface area contributed by atoms with Gasteiger partial charge in [-0.3, -0.25) is 4.90 Å². The Hall–Kier alpha value is -0.910. The Labute approximate surface area is 116 Å². The molecule has 2 atom stereocenters. The zero-order valence-electron chi connectivity index (χ0n) is 12.1. The molecule has 1 aromatic carbocycles. The summed E-state index contributed by atoms with van der Waals surface area (Å²) in [6.07, 6.45) is 1.26. The van der Waals surface area contributed by atoms with E-state index in [4.69, 9.17) is 5.73 Å². The highest BCUT2D eigenvalue weighted by molar-refractivity contribution is 7.90. The molecule has 19 heavy (non-hydrogen) atoms. The van der Waals surface area contributed by atoms with Gasteiger partial charge >= 0.3 is 0 Å². The first-order valence-electron chi connectivity index (χ1n) is 6.41. The van der Waals surface area contributed by atoms with Crippen LogP contribution in [0.3, 0.4) is 0 Å². The molecule has 0 heterocycles. The molecule has 0 aliphatic heterocycles. The van der Waals surface area contributed by atoms with E-state index in [1.54, 1.807) is 0 Å². The number of nitrogens with two attached hydrogens (primary N) is 1. The average Bonchev–Trinajstić information content (AvgIpc) is 2.28. The van der Waals surface area contributed by atoms with Crippen LogP contribution in [-0.4, -0.2) is 45.0 Å². The van der Waals surface area contributed by atoms with Gasteiger partial charge in [0.2, 0.25) is 0 Å². The maximum atomic E-state index is 11.3. The van der Waals surface area contributed by atoms with Gasteiger partial charge in [-0.25, -0.2) is 8.42 Å². The van der Waals surface area contributed by atoms with E-state index < -0.39 is 9.84 Å². The van der Waals surface area contributed by atoms with E-state index >= 15 is 0 Å². The molecule has 0 amide bonds. The fraction of sp³-hybridized carbons (Fsp3) is 0.571. The summed E-state index contributed by atoms with van der Waals surface area (Å²) in [6, 6.07) is 8.18. The largest absolute Gasteiger partial charge is 0.326 e. The van der Waals surface area contributed by atoms with E-state index in [1.807, 2.05) is 25.8 Å². The molecule has 0 spiro atoms. The number of benzene rings is 1. The van der Waals surface area contributed by atoms with Gasteiger partial charge in [0.25, 0.3) is 0 Å². The maximum absolute atomic E-state index is 11.3. The molecule has 0 aliphatic carbocycles. The molecule has 5 heteroatoms. The number of sulfone groups is 1. The summed E-state index contributed by atoms with van der Waals surface area (Å²) in [5, 5.41) is 0. The van der Waals surface area contributed by atoms with Crippen LogP contribution in [0.4, 0.5) is 0 Å². The van der Waals surface area contributed by atoms with Crippen molar-refractivity contribution in [1.29, 1.82) is 0 Å². The van der Waals surface area contributed by atoms with Crippen LogP contribution in [0, 0.1) is 6.92 Å². The Morgan fingerprint density at radius 1 is 1.26 bits per heavy atom. The molecule has 0 aromatic heterocycles. The van der Waals surface area contributed by atoms with E-state index in [0.29, 0.717) is 6.54 Å². The summed E-state index contributed by atoms with van der Waals surface area (Å²) in [4.78, 5) is 2.01. The highest BCUT2D eigenvalue weighted by Crippen LogP contribution is 2.22. The quantitative estimate of drug-likeness (QED) is 0.857. The van der Waals surface area contributed by atoms with Gasteiger partial charge in [0.15, 0.2) is 0 Å². The molecule has 2 N–H and O–H groups in total. The second kappa shape index (κ2) is 6.50. The van der Waals surface area contributed by atoms with Gasteiger partial charge < -0.3 is 5.73 Å². The molecule has 1 aromatic rings. The van der Waals surface area contributed by atoms with E-state index in [0.717, 1.165) is 5.56 Å². The van der Waals surface area contributed by atoms with Crippen molar-refractivity contribution in [2.45, 2.75) is 25.9 Å². The van der Waals surface area contributed by atoms with Crippen LogP contribution >= 0.6 is 0 Å². The van der Waals surface area contributed by atoms with Crippen LogP contribution < -0.4 is 5.73 Å². The van der Waals surface area contributed by atoms with Crippen molar-refractivity contribution in [1.82, 2.24) is 4.90 Å². The highest BCUT2D eigenvalue weighted by atomic mass is 32.2. The number of hydrogen-bond acceptors (Lipinski definition) is 4. The minimum atomic E-state index is -2.95. The Morgan fingerprint density at radius 2 is 1.79 bits per heavy atom. The Kier molecular flexibility index (Phi) is 5.52. The van der Waals surface area contributed by atoms with Crippen LogP contribution in [0.25, 0.3) is 0 Å². The molecule has 108 valence electrons. The Morgan fingerprint density at radius 3 is 2.21 bits per heavy atom. The fourth-order valence-corrected chi connectivity index (χ4v) is 2.79. The molecule has 2 unspecified atom stereocenters. The normalized spacial score (nSPS) is 15.5. The molecular weight excluding hydrogens is 260 g/mol. The molecule has 0 saturated carbocycles. The SMILES string of the molecule is Cc1ccc(C(C(C)N)N(C)CCS(C)(=O)=O)cc1. The molecule has 0 saturated heterocycles. The smallest absolute Gasteiger partial charge is 0.148 e. The predicted octanol–water partition coefficient (Wildman–Crippen LogP) is 1.36. The lowest BCUT2D eigenvalue weighted by atomic mass is 9.98. The molecule has 0 fully saturated rings. The van der Waals surface area contributed by atoms with Crippen LogP contribution in [0.15, 0.2) is 24.3 Å². The van der Waals surface area contributed by atoms with Gasteiger partial charge in [0.05, 0.1) is 5.75 Å². The van der Waals surface area contributed by atoms with Crippen molar-refractivity contribution in [2.75, 3.05) is 25.6 Å². The van der Waals surface area contributed by atoms with E-state index in [-0.39, 0.29) is 17.8 Å². The second-order valence-corrected chi connectivity index (χ2v) is 7.58. The monoisotopic (exact) mass is 284 g/mol. The average molecular weight is 284 g/mol. The molecule has 0 radical (unpaired) electrons. The van der Waals surface area contributed by atoms with Crippen molar-refractivity contribution in [3.63, 3.8) is 0 Å². The molecule has 0 bridgehead atoms. The van der Waals surface area contributed by atoms with Gasteiger partial charge in [0, 0.05) is 24.9 Å². The predicted molar refractivity (Wildman–Crippen MR) is 79.9 cm³/mol. The summed E-state index contributed by atoms with van der Waals surface area (Å²) in [7, 11) is -1.03. The first-order chi connectivity index (χ1) is 8.70. The molecular formula is C14H24N2O2S. The fourth-order valence-electron chi connectivity index (χ4n) is 2.17. The second-order valence-electron chi connectivity index (χ2n) is 5.33. The number of nitrogens with zero attached hydrogens (tertiary/aromatic N) is 1. The molecule has 4 nitrogen and oxygen atoms in total. The maximum Gasteiger partial charge on any atom is 0.148 e. The van der Waals surface area contributed by atoms with Gasteiger partial charge in [-0.1, -0.05) is 29.8 Å². The number of aryl methyl sites for hydroxylation is 1. The third-order valence-electron chi connectivity index (χ3n) is 3.21. The highest BCUT2D eigenvalue weighted by Gasteiger charge is 2.21. The molecule has 1 rings (SSSR count). The Balaban J connectivity index is 2.85. The zero-order valence-corrected chi connectivity index (χ0v) is 12.9. The van der Waals surface area contributed by atoms with Gasteiger partial charge in [-0.2, -0.15) is 0 Å². The lowest BCUT2D eigenvalue weighted by molar-refractivity contribution is 0.231. The minimum Gasteiger partial charge on any atom is -0.326 e. The topological polar surface area (TPSA) is 63.4 Å².